The molecule has 4 nitrogen and oxygen atoms in total. The van der Waals surface area contributed by atoms with Crippen molar-refractivity contribution in [2.24, 2.45) is 11.7 Å². The van der Waals surface area contributed by atoms with E-state index in [2.05, 4.69) is 4.72 Å². The summed E-state index contributed by atoms with van der Waals surface area (Å²) in [4.78, 5) is -0.563. The van der Waals surface area contributed by atoms with Crippen LogP contribution in [0.25, 0.3) is 0 Å². The third-order valence-electron chi connectivity index (χ3n) is 2.92. The van der Waals surface area contributed by atoms with Gasteiger partial charge in [-0.1, -0.05) is 0 Å². The maximum Gasteiger partial charge on any atom is 0.243 e. The molecule has 1 aromatic carbocycles. The molecule has 1 unspecified atom stereocenters. The molecule has 0 heterocycles. The van der Waals surface area contributed by atoms with E-state index < -0.39 is 26.6 Å². The number of nitrogens with two attached hydrogens (primary N) is 1. The summed E-state index contributed by atoms with van der Waals surface area (Å²) in [6.07, 6.45) is 1.99. The topological polar surface area (TPSA) is 72.2 Å². The van der Waals surface area contributed by atoms with Crippen LogP contribution in [0.2, 0.25) is 0 Å². The van der Waals surface area contributed by atoms with Crippen LogP contribution in [0.3, 0.4) is 0 Å². The number of rotatable bonds is 5. The number of sulfonamides is 1. The number of halogens is 2. The summed E-state index contributed by atoms with van der Waals surface area (Å²) in [5.74, 6) is -1.59. The first-order valence-corrected chi connectivity index (χ1v) is 7.09. The first kappa shape index (κ1) is 13.4. The fraction of sp³-hybridized carbons (Fsp3) is 0.455. The Balaban J connectivity index is 2.09. The summed E-state index contributed by atoms with van der Waals surface area (Å²) >= 11 is 0. The van der Waals surface area contributed by atoms with Gasteiger partial charge in [-0.05, 0) is 30.9 Å². The SMILES string of the molecule is NC(CNS(=O)(=O)c1ccc(F)cc1F)C1CC1. The van der Waals surface area contributed by atoms with Crippen molar-refractivity contribution in [3.63, 3.8) is 0 Å². The Morgan fingerprint density at radius 1 is 1.39 bits per heavy atom. The number of hydrogen-bond acceptors (Lipinski definition) is 3. The van der Waals surface area contributed by atoms with E-state index in [-0.39, 0.29) is 12.6 Å². The van der Waals surface area contributed by atoms with Gasteiger partial charge in [-0.15, -0.1) is 0 Å². The van der Waals surface area contributed by atoms with E-state index in [1.807, 2.05) is 0 Å². The van der Waals surface area contributed by atoms with E-state index in [1.165, 1.54) is 0 Å². The van der Waals surface area contributed by atoms with E-state index in [9.17, 15) is 17.2 Å². The highest BCUT2D eigenvalue weighted by molar-refractivity contribution is 7.89. The minimum Gasteiger partial charge on any atom is -0.326 e. The lowest BCUT2D eigenvalue weighted by molar-refractivity contribution is 0.530. The van der Waals surface area contributed by atoms with Crippen molar-refractivity contribution in [3.05, 3.63) is 29.8 Å². The summed E-state index contributed by atoms with van der Waals surface area (Å²) in [6, 6.07) is 2.08. The molecule has 3 N–H and O–H groups in total. The van der Waals surface area contributed by atoms with Gasteiger partial charge in [0.25, 0.3) is 0 Å². The van der Waals surface area contributed by atoms with Crippen molar-refractivity contribution < 1.29 is 17.2 Å². The molecule has 0 bridgehead atoms. The van der Waals surface area contributed by atoms with Crippen molar-refractivity contribution >= 4 is 10.0 Å². The van der Waals surface area contributed by atoms with Gasteiger partial charge in [0.15, 0.2) is 0 Å². The molecule has 1 atom stereocenters. The highest BCUT2D eigenvalue weighted by Crippen LogP contribution is 2.31. The van der Waals surface area contributed by atoms with Gasteiger partial charge >= 0.3 is 0 Å². The molecule has 7 heteroatoms. The average molecular weight is 276 g/mol. The molecule has 18 heavy (non-hydrogen) atoms. The van der Waals surface area contributed by atoms with Crippen LogP contribution in [0.1, 0.15) is 12.8 Å². The fourth-order valence-corrected chi connectivity index (χ4v) is 2.80. The Morgan fingerprint density at radius 2 is 2.06 bits per heavy atom. The van der Waals surface area contributed by atoms with Crippen molar-refractivity contribution in [1.82, 2.24) is 4.72 Å². The summed E-state index contributed by atoms with van der Waals surface area (Å²) in [5, 5.41) is 0. The predicted molar refractivity (Wildman–Crippen MR) is 62.2 cm³/mol. The van der Waals surface area contributed by atoms with Crippen LogP contribution in [0.4, 0.5) is 8.78 Å². The van der Waals surface area contributed by atoms with Gasteiger partial charge in [-0.3, -0.25) is 0 Å². The van der Waals surface area contributed by atoms with Gasteiger partial charge in [0, 0.05) is 18.7 Å². The normalized spacial score (nSPS) is 17.7. The van der Waals surface area contributed by atoms with Crippen molar-refractivity contribution in [2.75, 3.05) is 6.54 Å². The van der Waals surface area contributed by atoms with Gasteiger partial charge < -0.3 is 5.73 Å². The van der Waals surface area contributed by atoms with Crippen LogP contribution < -0.4 is 10.5 Å². The highest BCUT2D eigenvalue weighted by atomic mass is 32.2. The van der Waals surface area contributed by atoms with Gasteiger partial charge in [-0.2, -0.15) is 0 Å². The second-order valence-corrected chi connectivity index (χ2v) is 6.16. The number of benzene rings is 1. The van der Waals surface area contributed by atoms with Gasteiger partial charge in [0.1, 0.15) is 16.5 Å². The molecule has 0 radical (unpaired) electrons. The van der Waals surface area contributed by atoms with E-state index >= 15 is 0 Å². The summed E-state index contributed by atoms with van der Waals surface area (Å²) in [7, 11) is -3.98. The molecule has 0 amide bonds. The van der Waals surface area contributed by atoms with Gasteiger partial charge in [-0.25, -0.2) is 21.9 Å². The second-order valence-electron chi connectivity index (χ2n) is 4.43. The molecule has 100 valence electrons. The van der Waals surface area contributed by atoms with Crippen molar-refractivity contribution in [1.29, 1.82) is 0 Å². The highest BCUT2D eigenvalue weighted by Gasteiger charge is 2.29. The second kappa shape index (κ2) is 4.91. The summed E-state index contributed by atoms with van der Waals surface area (Å²) in [6.45, 7) is 0.0593. The zero-order valence-corrected chi connectivity index (χ0v) is 10.4. The standard InChI is InChI=1S/C11H14F2N2O2S/c12-8-3-4-11(9(13)5-8)18(16,17)15-6-10(14)7-1-2-7/h3-5,7,10,15H,1-2,6,14H2. The van der Waals surface area contributed by atoms with E-state index in [4.69, 9.17) is 5.73 Å². The minimum atomic E-state index is -3.98. The lowest BCUT2D eigenvalue weighted by Crippen LogP contribution is -2.38. The Hall–Kier alpha value is -1.05. The lowest BCUT2D eigenvalue weighted by atomic mass is 10.2. The molecule has 0 spiro atoms. The molecular formula is C11H14F2N2O2S. The third-order valence-corrected chi connectivity index (χ3v) is 4.38. The third kappa shape index (κ3) is 3.04. The van der Waals surface area contributed by atoms with Gasteiger partial charge in [0.05, 0.1) is 0 Å². The maximum absolute atomic E-state index is 13.4. The van der Waals surface area contributed by atoms with E-state index in [0.29, 0.717) is 12.0 Å². The molecule has 1 aromatic rings. The quantitative estimate of drug-likeness (QED) is 0.842. The average Bonchev–Trinajstić information content (AvgIpc) is 3.09. The van der Waals surface area contributed by atoms with E-state index in [1.54, 1.807) is 0 Å². The maximum atomic E-state index is 13.4. The van der Waals surface area contributed by atoms with Crippen LogP contribution in [-0.2, 0) is 10.0 Å². The Labute approximate surface area is 104 Å². The van der Waals surface area contributed by atoms with Crippen LogP contribution in [0.5, 0.6) is 0 Å². The lowest BCUT2D eigenvalue weighted by Gasteiger charge is -2.12. The first-order valence-electron chi connectivity index (χ1n) is 5.60. The van der Waals surface area contributed by atoms with Gasteiger partial charge in [0.2, 0.25) is 10.0 Å². The summed E-state index contributed by atoms with van der Waals surface area (Å²) < 4.78 is 51.8. The smallest absolute Gasteiger partial charge is 0.243 e. The molecule has 0 aliphatic heterocycles. The van der Waals surface area contributed by atoms with Crippen molar-refractivity contribution in [2.45, 2.75) is 23.8 Å². The van der Waals surface area contributed by atoms with E-state index in [0.717, 1.165) is 25.0 Å². The monoisotopic (exact) mass is 276 g/mol. The zero-order valence-electron chi connectivity index (χ0n) is 9.57. The minimum absolute atomic E-state index is 0.0593. The molecule has 2 rings (SSSR count). The first-order chi connectivity index (χ1) is 8.40. The number of hydrogen-bond donors (Lipinski definition) is 2. The molecule has 1 aliphatic rings. The largest absolute Gasteiger partial charge is 0.326 e. The molecule has 1 fully saturated rings. The zero-order chi connectivity index (χ0) is 13.3. The number of nitrogens with one attached hydrogen (secondary N) is 1. The molecule has 1 saturated carbocycles. The molecular weight excluding hydrogens is 262 g/mol. The van der Waals surface area contributed by atoms with Crippen molar-refractivity contribution in [3.8, 4) is 0 Å². The Morgan fingerprint density at radius 3 is 2.61 bits per heavy atom. The summed E-state index contributed by atoms with van der Waals surface area (Å²) in [5.41, 5.74) is 5.75. The van der Waals surface area contributed by atoms with Crippen LogP contribution in [0, 0.1) is 17.6 Å². The fourth-order valence-electron chi connectivity index (χ4n) is 1.67. The Bertz CT molecular complexity index is 544. The molecule has 0 saturated heterocycles. The Kier molecular flexibility index (Phi) is 3.65. The van der Waals surface area contributed by atoms with Crippen LogP contribution >= 0.6 is 0 Å². The predicted octanol–water partition coefficient (Wildman–Crippen LogP) is 0.980. The molecule has 1 aliphatic carbocycles. The van der Waals surface area contributed by atoms with Crippen LogP contribution in [0.15, 0.2) is 23.1 Å². The molecule has 0 aromatic heterocycles. The van der Waals surface area contributed by atoms with Crippen LogP contribution in [-0.4, -0.2) is 21.0 Å².